The van der Waals surface area contributed by atoms with Crippen LogP contribution in [0.4, 0.5) is 0 Å². The maximum atomic E-state index is 12.3. The molecule has 0 aromatic carbocycles. The van der Waals surface area contributed by atoms with Crippen molar-refractivity contribution in [3.05, 3.63) is 24.2 Å². The lowest BCUT2D eigenvalue weighted by Crippen LogP contribution is -2.53. The Morgan fingerprint density at radius 3 is 2.32 bits per heavy atom. The van der Waals surface area contributed by atoms with Gasteiger partial charge >= 0.3 is 0 Å². The number of rotatable bonds is 5. The maximum Gasteiger partial charge on any atom is 0.289 e. The molecule has 0 bridgehead atoms. The molecular formula is C19H32IN5O3. The van der Waals surface area contributed by atoms with Crippen molar-refractivity contribution in [2.45, 2.75) is 27.7 Å². The summed E-state index contributed by atoms with van der Waals surface area (Å²) < 4.78 is 5.19. The quantitative estimate of drug-likeness (QED) is 0.276. The zero-order valence-corrected chi connectivity index (χ0v) is 19.5. The SMILES string of the molecule is CCNC(=NCCNC(=O)C(C)(C)C)N1CCN(C(=O)c2ccco2)CC1.I. The van der Waals surface area contributed by atoms with Crippen molar-refractivity contribution in [1.82, 2.24) is 20.4 Å². The van der Waals surface area contributed by atoms with Crippen LogP contribution in [0.2, 0.25) is 0 Å². The van der Waals surface area contributed by atoms with Crippen molar-refractivity contribution in [3.63, 3.8) is 0 Å². The van der Waals surface area contributed by atoms with E-state index in [1.54, 1.807) is 17.0 Å². The summed E-state index contributed by atoms with van der Waals surface area (Å²) in [6, 6.07) is 3.41. The molecule has 158 valence electrons. The van der Waals surface area contributed by atoms with E-state index in [0.29, 0.717) is 45.0 Å². The van der Waals surface area contributed by atoms with Crippen molar-refractivity contribution in [2.75, 3.05) is 45.8 Å². The van der Waals surface area contributed by atoms with Gasteiger partial charge in [-0.3, -0.25) is 14.6 Å². The van der Waals surface area contributed by atoms with Gasteiger partial charge in [0.15, 0.2) is 11.7 Å². The molecule has 2 heterocycles. The third kappa shape index (κ3) is 6.99. The second-order valence-electron chi connectivity index (χ2n) is 7.50. The molecule has 2 N–H and O–H groups in total. The van der Waals surface area contributed by atoms with E-state index in [1.807, 2.05) is 27.7 Å². The molecule has 1 aromatic rings. The molecule has 0 spiro atoms. The highest BCUT2D eigenvalue weighted by molar-refractivity contribution is 14.0. The molecule has 1 saturated heterocycles. The van der Waals surface area contributed by atoms with Crippen LogP contribution in [0.25, 0.3) is 0 Å². The molecule has 1 aliphatic heterocycles. The van der Waals surface area contributed by atoms with Crippen LogP contribution in [-0.4, -0.2) is 73.4 Å². The van der Waals surface area contributed by atoms with Crippen LogP contribution in [0.1, 0.15) is 38.2 Å². The van der Waals surface area contributed by atoms with Gasteiger partial charge in [0.2, 0.25) is 5.91 Å². The van der Waals surface area contributed by atoms with Gasteiger partial charge in [0.25, 0.3) is 5.91 Å². The first kappa shape index (κ1) is 24.3. The van der Waals surface area contributed by atoms with Crippen molar-refractivity contribution in [2.24, 2.45) is 10.4 Å². The number of guanidine groups is 1. The van der Waals surface area contributed by atoms with Gasteiger partial charge in [-0.15, -0.1) is 24.0 Å². The number of carbonyl (C=O) groups is 2. The Morgan fingerprint density at radius 1 is 1.14 bits per heavy atom. The van der Waals surface area contributed by atoms with Crippen LogP contribution in [0, 0.1) is 5.41 Å². The fourth-order valence-corrected chi connectivity index (χ4v) is 2.70. The van der Waals surface area contributed by atoms with E-state index < -0.39 is 5.41 Å². The van der Waals surface area contributed by atoms with Crippen LogP contribution >= 0.6 is 24.0 Å². The van der Waals surface area contributed by atoms with Gasteiger partial charge in [-0.1, -0.05) is 20.8 Å². The molecule has 0 aliphatic carbocycles. The minimum Gasteiger partial charge on any atom is -0.459 e. The molecule has 0 atom stereocenters. The Labute approximate surface area is 184 Å². The maximum absolute atomic E-state index is 12.3. The Balaban J connectivity index is 0.00000392. The third-order valence-electron chi connectivity index (χ3n) is 4.27. The van der Waals surface area contributed by atoms with E-state index in [0.717, 1.165) is 12.5 Å². The molecule has 2 amide bonds. The summed E-state index contributed by atoms with van der Waals surface area (Å²) in [5, 5.41) is 6.19. The summed E-state index contributed by atoms with van der Waals surface area (Å²) >= 11 is 0. The largest absolute Gasteiger partial charge is 0.459 e. The number of halogens is 1. The first-order chi connectivity index (χ1) is 12.8. The zero-order valence-electron chi connectivity index (χ0n) is 17.2. The van der Waals surface area contributed by atoms with E-state index in [9.17, 15) is 9.59 Å². The van der Waals surface area contributed by atoms with Crippen molar-refractivity contribution in [1.29, 1.82) is 0 Å². The summed E-state index contributed by atoms with van der Waals surface area (Å²) in [6.07, 6.45) is 1.51. The number of hydrogen-bond donors (Lipinski definition) is 2. The average molecular weight is 505 g/mol. The van der Waals surface area contributed by atoms with E-state index in [-0.39, 0.29) is 35.8 Å². The van der Waals surface area contributed by atoms with Crippen LogP contribution in [-0.2, 0) is 4.79 Å². The van der Waals surface area contributed by atoms with E-state index >= 15 is 0 Å². The predicted octanol–water partition coefficient (Wildman–Crippen LogP) is 1.78. The summed E-state index contributed by atoms with van der Waals surface area (Å²) in [6.45, 7) is 12.1. The molecule has 9 heteroatoms. The van der Waals surface area contributed by atoms with Gasteiger partial charge in [-0.05, 0) is 19.1 Å². The highest BCUT2D eigenvalue weighted by Gasteiger charge is 2.25. The van der Waals surface area contributed by atoms with Crippen LogP contribution in [0.5, 0.6) is 0 Å². The van der Waals surface area contributed by atoms with Gasteiger partial charge in [-0.2, -0.15) is 0 Å². The third-order valence-corrected chi connectivity index (χ3v) is 4.27. The van der Waals surface area contributed by atoms with Gasteiger partial charge in [0, 0.05) is 44.7 Å². The average Bonchev–Trinajstić information content (AvgIpc) is 3.17. The smallest absolute Gasteiger partial charge is 0.289 e. The highest BCUT2D eigenvalue weighted by Crippen LogP contribution is 2.12. The lowest BCUT2D eigenvalue weighted by molar-refractivity contribution is -0.128. The fourth-order valence-electron chi connectivity index (χ4n) is 2.70. The van der Waals surface area contributed by atoms with Crippen LogP contribution < -0.4 is 10.6 Å². The molecule has 1 aromatic heterocycles. The molecular weight excluding hydrogens is 473 g/mol. The predicted molar refractivity (Wildman–Crippen MR) is 120 cm³/mol. The lowest BCUT2D eigenvalue weighted by atomic mass is 9.96. The Bertz CT molecular complexity index is 647. The molecule has 0 unspecified atom stereocenters. The molecule has 0 radical (unpaired) electrons. The first-order valence-electron chi connectivity index (χ1n) is 9.47. The number of piperazine rings is 1. The highest BCUT2D eigenvalue weighted by atomic mass is 127. The second kappa shape index (κ2) is 11.3. The minimum atomic E-state index is -0.398. The molecule has 1 fully saturated rings. The number of nitrogens with zero attached hydrogens (tertiary/aromatic N) is 3. The minimum absolute atomic E-state index is 0. The van der Waals surface area contributed by atoms with Gasteiger partial charge < -0.3 is 24.9 Å². The normalized spacial score (nSPS) is 15.1. The summed E-state index contributed by atoms with van der Waals surface area (Å²) in [7, 11) is 0. The van der Waals surface area contributed by atoms with E-state index in [2.05, 4.69) is 20.5 Å². The number of nitrogens with one attached hydrogen (secondary N) is 2. The lowest BCUT2D eigenvalue weighted by Gasteiger charge is -2.36. The Morgan fingerprint density at radius 2 is 1.79 bits per heavy atom. The molecule has 0 saturated carbocycles. The summed E-state index contributed by atoms with van der Waals surface area (Å²) in [5.41, 5.74) is -0.398. The monoisotopic (exact) mass is 505 g/mol. The number of furan rings is 1. The number of amides is 2. The van der Waals surface area contributed by atoms with Gasteiger partial charge in [0.05, 0.1) is 12.8 Å². The first-order valence-corrected chi connectivity index (χ1v) is 9.47. The van der Waals surface area contributed by atoms with Crippen molar-refractivity contribution < 1.29 is 14.0 Å². The van der Waals surface area contributed by atoms with Crippen molar-refractivity contribution in [3.8, 4) is 0 Å². The Kier molecular flexibility index (Phi) is 9.77. The summed E-state index contributed by atoms with van der Waals surface area (Å²) in [5.74, 6) is 1.13. The zero-order chi connectivity index (χ0) is 19.9. The molecule has 8 nitrogen and oxygen atoms in total. The standard InChI is InChI=1S/C19H31N5O3.HI/c1-5-20-18(22-9-8-21-17(26)19(2,3)4)24-12-10-23(11-13-24)16(25)15-7-6-14-27-15;/h6-7,14H,5,8-13H2,1-4H3,(H,20,22)(H,21,26);1H. The van der Waals surface area contributed by atoms with E-state index in [4.69, 9.17) is 4.42 Å². The second-order valence-corrected chi connectivity index (χ2v) is 7.50. The Hall–Kier alpha value is -1.78. The van der Waals surface area contributed by atoms with Crippen LogP contribution in [0.15, 0.2) is 27.8 Å². The fraction of sp³-hybridized carbons (Fsp3) is 0.632. The molecule has 28 heavy (non-hydrogen) atoms. The molecule has 1 aliphatic rings. The number of hydrogen-bond acceptors (Lipinski definition) is 4. The van der Waals surface area contributed by atoms with Crippen molar-refractivity contribution >= 4 is 41.8 Å². The number of aliphatic imine (C=N–C) groups is 1. The van der Waals surface area contributed by atoms with E-state index in [1.165, 1.54) is 6.26 Å². The number of carbonyl (C=O) groups excluding carboxylic acids is 2. The summed E-state index contributed by atoms with van der Waals surface area (Å²) in [4.78, 5) is 32.8. The van der Waals surface area contributed by atoms with Gasteiger partial charge in [0.1, 0.15) is 0 Å². The molecule has 2 rings (SSSR count). The van der Waals surface area contributed by atoms with Crippen LogP contribution in [0.3, 0.4) is 0 Å². The van der Waals surface area contributed by atoms with Gasteiger partial charge in [-0.25, -0.2) is 0 Å². The topological polar surface area (TPSA) is 90.2 Å².